The highest BCUT2D eigenvalue weighted by Crippen LogP contribution is 2.20. The molecule has 1 aromatic carbocycles. The highest BCUT2D eigenvalue weighted by molar-refractivity contribution is 7.08. The predicted octanol–water partition coefficient (Wildman–Crippen LogP) is 2.68. The lowest BCUT2D eigenvalue weighted by Crippen LogP contribution is -2.24. The van der Waals surface area contributed by atoms with Crippen LogP contribution in [0.1, 0.15) is 11.3 Å². The summed E-state index contributed by atoms with van der Waals surface area (Å²) in [6.07, 6.45) is 4.19. The lowest BCUT2D eigenvalue weighted by atomic mass is 10.1. The van der Waals surface area contributed by atoms with Gasteiger partial charge in [-0.15, -0.1) is 5.10 Å². The number of aromatic nitrogens is 4. The average molecular weight is 351 g/mol. The average Bonchev–Trinajstić information content (AvgIpc) is 3.34. The van der Waals surface area contributed by atoms with Gasteiger partial charge >= 0.3 is 0 Å². The van der Waals surface area contributed by atoms with Crippen LogP contribution in [-0.4, -0.2) is 25.5 Å². The summed E-state index contributed by atoms with van der Waals surface area (Å²) < 4.78 is 3.76. The number of benzene rings is 1. The Morgan fingerprint density at radius 1 is 1.24 bits per heavy atom. The van der Waals surface area contributed by atoms with E-state index >= 15 is 0 Å². The van der Waals surface area contributed by atoms with Crippen LogP contribution in [0.4, 0.5) is 0 Å². The van der Waals surface area contributed by atoms with Gasteiger partial charge in [-0.25, -0.2) is 4.68 Å². The van der Waals surface area contributed by atoms with Crippen LogP contribution < -0.4 is 5.32 Å². The summed E-state index contributed by atoms with van der Waals surface area (Å²) in [7, 11) is 1.99. The number of carbonyl (C=O) groups excluding carboxylic acids is 1. The number of aryl methyl sites for hydroxylation is 1. The molecular weight excluding hydrogens is 334 g/mol. The van der Waals surface area contributed by atoms with E-state index in [1.807, 2.05) is 59.0 Å². The Balaban J connectivity index is 1.41. The Hall–Kier alpha value is -2.93. The maximum atomic E-state index is 12.3. The number of amides is 1. The van der Waals surface area contributed by atoms with Crippen LogP contribution in [0, 0.1) is 0 Å². The molecule has 25 heavy (non-hydrogen) atoms. The second kappa shape index (κ2) is 6.52. The highest BCUT2D eigenvalue weighted by Gasteiger charge is 2.11. The van der Waals surface area contributed by atoms with Crippen molar-refractivity contribution in [1.29, 1.82) is 0 Å². The van der Waals surface area contributed by atoms with Gasteiger partial charge in [-0.2, -0.15) is 11.3 Å². The van der Waals surface area contributed by atoms with Crippen LogP contribution in [0.25, 0.3) is 16.6 Å². The molecule has 1 amide bonds. The molecule has 0 atom stereocenters. The quantitative estimate of drug-likeness (QED) is 0.601. The Morgan fingerprint density at radius 3 is 2.96 bits per heavy atom. The van der Waals surface area contributed by atoms with Crippen molar-refractivity contribution in [2.75, 3.05) is 0 Å². The third-order valence-corrected chi connectivity index (χ3v) is 4.78. The molecule has 0 aliphatic rings. The molecule has 1 N–H and O–H groups in total. The minimum Gasteiger partial charge on any atom is -0.350 e. The topological polar surface area (TPSA) is 64.7 Å². The van der Waals surface area contributed by atoms with Gasteiger partial charge in [-0.1, -0.05) is 23.4 Å². The Bertz CT molecular complexity index is 1020. The lowest BCUT2D eigenvalue weighted by Gasteiger charge is -2.02. The molecule has 0 fully saturated rings. The molecule has 4 rings (SSSR count). The van der Waals surface area contributed by atoms with Crippen molar-refractivity contribution in [2.24, 2.45) is 7.05 Å². The molecule has 7 heteroatoms. The first-order valence-electron chi connectivity index (χ1n) is 7.94. The fraction of sp³-hybridized carbons (Fsp3) is 0.167. The SMILES string of the molecule is Cn1cc(CC(=O)NCc2cn(-c3ccsc3)nn2)c2ccccc21. The van der Waals surface area contributed by atoms with E-state index in [0.29, 0.717) is 13.0 Å². The summed E-state index contributed by atoms with van der Waals surface area (Å²) in [4.78, 5) is 12.3. The van der Waals surface area contributed by atoms with Crippen LogP contribution >= 0.6 is 11.3 Å². The first-order valence-corrected chi connectivity index (χ1v) is 8.88. The standard InChI is InChI=1S/C18H17N5OS/c1-22-10-13(16-4-2-3-5-17(16)22)8-18(24)19-9-14-11-23(21-20-14)15-6-7-25-12-15/h2-7,10-12H,8-9H2,1H3,(H,19,24). The Labute approximate surface area is 148 Å². The first kappa shape index (κ1) is 15.6. The van der Waals surface area contributed by atoms with E-state index in [0.717, 1.165) is 27.8 Å². The third-order valence-electron chi connectivity index (χ3n) is 4.11. The van der Waals surface area contributed by atoms with Gasteiger partial charge < -0.3 is 9.88 Å². The van der Waals surface area contributed by atoms with Crippen molar-refractivity contribution >= 4 is 28.1 Å². The number of para-hydroxylation sites is 1. The van der Waals surface area contributed by atoms with Gasteiger partial charge in [0, 0.05) is 29.5 Å². The predicted molar refractivity (Wildman–Crippen MR) is 97.7 cm³/mol. The lowest BCUT2D eigenvalue weighted by molar-refractivity contribution is -0.120. The van der Waals surface area contributed by atoms with Crippen molar-refractivity contribution < 1.29 is 4.79 Å². The molecule has 4 aromatic rings. The first-order chi connectivity index (χ1) is 12.2. The van der Waals surface area contributed by atoms with E-state index in [2.05, 4.69) is 21.7 Å². The van der Waals surface area contributed by atoms with E-state index in [1.54, 1.807) is 16.0 Å². The van der Waals surface area contributed by atoms with Gasteiger partial charge in [-0.3, -0.25) is 4.79 Å². The minimum atomic E-state index is -0.0264. The van der Waals surface area contributed by atoms with Crippen LogP contribution in [0.3, 0.4) is 0 Å². The molecule has 0 aliphatic carbocycles. The summed E-state index contributed by atoms with van der Waals surface area (Å²) in [5, 5.41) is 16.2. The van der Waals surface area contributed by atoms with Crippen LogP contribution in [0.15, 0.2) is 53.5 Å². The van der Waals surface area contributed by atoms with Gasteiger partial charge in [0.1, 0.15) is 5.69 Å². The number of thiophene rings is 1. The zero-order chi connectivity index (χ0) is 17.2. The fourth-order valence-corrected chi connectivity index (χ4v) is 3.51. The summed E-state index contributed by atoms with van der Waals surface area (Å²) in [5.74, 6) is -0.0264. The number of carbonyl (C=O) groups is 1. The molecule has 0 spiro atoms. The minimum absolute atomic E-state index is 0.0264. The second-order valence-corrected chi connectivity index (χ2v) is 6.65. The van der Waals surface area contributed by atoms with Gasteiger partial charge in [0.2, 0.25) is 5.91 Å². The zero-order valence-corrected chi connectivity index (χ0v) is 14.5. The maximum Gasteiger partial charge on any atom is 0.224 e. The molecule has 0 radical (unpaired) electrons. The monoisotopic (exact) mass is 351 g/mol. The number of fused-ring (bicyclic) bond motifs is 1. The molecule has 0 aliphatic heterocycles. The van der Waals surface area contributed by atoms with Crippen LogP contribution in [0.5, 0.6) is 0 Å². The third kappa shape index (κ3) is 3.18. The molecule has 6 nitrogen and oxygen atoms in total. The molecule has 0 unspecified atom stereocenters. The summed E-state index contributed by atoms with van der Waals surface area (Å²) in [6.45, 7) is 0.369. The van der Waals surface area contributed by atoms with E-state index in [-0.39, 0.29) is 5.91 Å². The smallest absolute Gasteiger partial charge is 0.224 e. The zero-order valence-electron chi connectivity index (χ0n) is 13.7. The molecule has 0 bridgehead atoms. The van der Waals surface area contributed by atoms with E-state index in [4.69, 9.17) is 0 Å². The largest absolute Gasteiger partial charge is 0.350 e. The number of hydrogen-bond acceptors (Lipinski definition) is 4. The number of hydrogen-bond donors (Lipinski definition) is 1. The molecule has 126 valence electrons. The maximum absolute atomic E-state index is 12.3. The molecule has 3 aromatic heterocycles. The van der Waals surface area contributed by atoms with Gasteiger partial charge in [0.25, 0.3) is 0 Å². The van der Waals surface area contributed by atoms with Crippen molar-refractivity contribution in [3.8, 4) is 5.69 Å². The van der Waals surface area contributed by atoms with E-state index in [1.165, 1.54) is 0 Å². The fourth-order valence-electron chi connectivity index (χ4n) is 2.88. The van der Waals surface area contributed by atoms with Crippen molar-refractivity contribution in [2.45, 2.75) is 13.0 Å². The van der Waals surface area contributed by atoms with Crippen LogP contribution in [0.2, 0.25) is 0 Å². The van der Waals surface area contributed by atoms with Crippen molar-refractivity contribution in [1.82, 2.24) is 24.9 Å². The van der Waals surface area contributed by atoms with Crippen molar-refractivity contribution in [3.63, 3.8) is 0 Å². The number of nitrogens with one attached hydrogen (secondary N) is 1. The molecular formula is C18H17N5OS. The highest BCUT2D eigenvalue weighted by atomic mass is 32.1. The number of rotatable bonds is 5. The van der Waals surface area contributed by atoms with Gasteiger partial charge in [-0.05, 0) is 23.1 Å². The molecule has 3 heterocycles. The second-order valence-electron chi connectivity index (χ2n) is 5.87. The molecule has 0 saturated carbocycles. The summed E-state index contributed by atoms with van der Waals surface area (Å²) in [6, 6.07) is 10.1. The summed E-state index contributed by atoms with van der Waals surface area (Å²) >= 11 is 1.61. The van der Waals surface area contributed by atoms with E-state index < -0.39 is 0 Å². The Kier molecular flexibility index (Phi) is 4.07. The van der Waals surface area contributed by atoms with Gasteiger partial charge in [0.15, 0.2) is 0 Å². The normalized spacial score (nSPS) is 11.1. The number of nitrogens with zero attached hydrogens (tertiary/aromatic N) is 4. The van der Waals surface area contributed by atoms with E-state index in [9.17, 15) is 4.79 Å². The van der Waals surface area contributed by atoms with Gasteiger partial charge in [0.05, 0.1) is 24.8 Å². The Morgan fingerprint density at radius 2 is 2.12 bits per heavy atom. The molecule has 0 saturated heterocycles. The van der Waals surface area contributed by atoms with Crippen LogP contribution in [-0.2, 0) is 24.8 Å². The summed E-state index contributed by atoms with van der Waals surface area (Å²) in [5.41, 5.74) is 3.87. The van der Waals surface area contributed by atoms with Crippen molar-refractivity contribution in [3.05, 3.63) is 64.7 Å².